The van der Waals surface area contributed by atoms with Crippen LogP contribution in [0, 0.1) is 10.1 Å². The number of hydrogen-bond acceptors (Lipinski definition) is 6. The minimum Gasteiger partial charge on any atom is -0.452 e. The van der Waals surface area contributed by atoms with Gasteiger partial charge in [0.25, 0.3) is 11.6 Å². The van der Waals surface area contributed by atoms with Crippen LogP contribution in [0.2, 0.25) is 0 Å². The van der Waals surface area contributed by atoms with Gasteiger partial charge in [0.1, 0.15) is 0 Å². The maximum absolute atomic E-state index is 12.7. The number of rotatable bonds is 5. The molecule has 3 rings (SSSR count). The number of esters is 1. The average Bonchev–Trinajstić information content (AvgIpc) is 2.84. The number of hydrogen-bond donors (Lipinski definition) is 1. The molecule has 0 saturated carbocycles. The number of nitro groups is 1. The van der Waals surface area contributed by atoms with Crippen LogP contribution in [0.3, 0.4) is 0 Å². The van der Waals surface area contributed by atoms with Gasteiger partial charge in [-0.05, 0) is 30.7 Å². The second-order valence-corrected chi connectivity index (χ2v) is 6.68. The molecule has 0 bridgehead atoms. The van der Waals surface area contributed by atoms with Gasteiger partial charge in [0.15, 0.2) is 6.61 Å². The van der Waals surface area contributed by atoms with Crippen LogP contribution in [0.5, 0.6) is 0 Å². The van der Waals surface area contributed by atoms with E-state index in [2.05, 4.69) is 5.32 Å². The fraction of sp³-hybridized carbons (Fsp3) is 0.190. The average molecular weight is 409 g/mol. The van der Waals surface area contributed by atoms with Crippen molar-refractivity contribution >= 4 is 40.9 Å². The number of anilines is 2. The van der Waals surface area contributed by atoms with Crippen LogP contribution < -0.4 is 10.2 Å². The second-order valence-electron chi connectivity index (χ2n) is 6.68. The summed E-state index contributed by atoms with van der Waals surface area (Å²) in [6.45, 7) is 1.23. The van der Waals surface area contributed by atoms with Crippen LogP contribution in [-0.4, -0.2) is 35.4 Å². The molecule has 9 heteroatoms. The second kappa shape index (κ2) is 8.99. The van der Waals surface area contributed by atoms with E-state index < -0.39 is 29.4 Å². The molecule has 2 aromatic carbocycles. The molecular weight excluding hydrogens is 390 g/mol. The van der Waals surface area contributed by atoms with Crippen LogP contribution in [0.15, 0.2) is 54.6 Å². The van der Waals surface area contributed by atoms with E-state index in [1.807, 2.05) is 0 Å². The Morgan fingerprint density at radius 3 is 2.80 bits per heavy atom. The number of fused-ring (bicyclic) bond motifs is 1. The quantitative estimate of drug-likeness (QED) is 0.351. The fourth-order valence-corrected chi connectivity index (χ4v) is 3.12. The summed E-state index contributed by atoms with van der Waals surface area (Å²) in [5.74, 6) is -1.44. The van der Waals surface area contributed by atoms with E-state index in [0.717, 1.165) is 6.08 Å². The zero-order chi connectivity index (χ0) is 21.7. The van der Waals surface area contributed by atoms with Crippen molar-refractivity contribution in [2.75, 3.05) is 16.8 Å². The molecule has 0 unspecified atom stereocenters. The summed E-state index contributed by atoms with van der Waals surface area (Å²) >= 11 is 0. The molecule has 154 valence electrons. The molecular formula is C21H19N3O6. The number of nitrogens with zero attached hydrogens (tertiary/aromatic N) is 2. The van der Waals surface area contributed by atoms with E-state index in [-0.39, 0.29) is 18.0 Å². The summed E-state index contributed by atoms with van der Waals surface area (Å²) in [5.41, 5.74) is 1.39. The number of non-ortho nitro benzene ring substituents is 1. The molecule has 9 nitrogen and oxygen atoms in total. The Kier molecular flexibility index (Phi) is 6.21. The SMILES string of the molecule is C[C@H]1CC(=O)Nc2ccccc2N1C(=O)COC(=O)/C=C/c1cccc([N+](=O)[O-])c1. The lowest BCUT2D eigenvalue weighted by molar-refractivity contribution is -0.384. The molecule has 1 aliphatic heterocycles. The summed E-state index contributed by atoms with van der Waals surface area (Å²) in [5, 5.41) is 13.6. The fourth-order valence-electron chi connectivity index (χ4n) is 3.12. The van der Waals surface area contributed by atoms with E-state index in [0.29, 0.717) is 16.9 Å². The normalized spacial score (nSPS) is 15.8. The van der Waals surface area contributed by atoms with Crippen molar-refractivity contribution in [1.29, 1.82) is 0 Å². The topological polar surface area (TPSA) is 119 Å². The van der Waals surface area contributed by atoms with Gasteiger partial charge >= 0.3 is 5.97 Å². The van der Waals surface area contributed by atoms with Crippen molar-refractivity contribution in [2.45, 2.75) is 19.4 Å². The van der Waals surface area contributed by atoms with E-state index in [1.54, 1.807) is 37.3 Å². The van der Waals surface area contributed by atoms with Crippen LogP contribution in [0.1, 0.15) is 18.9 Å². The first-order valence-corrected chi connectivity index (χ1v) is 9.15. The van der Waals surface area contributed by atoms with Crippen molar-refractivity contribution in [3.8, 4) is 0 Å². The lowest BCUT2D eigenvalue weighted by Crippen LogP contribution is -2.41. The predicted octanol–water partition coefficient (Wildman–Crippen LogP) is 2.92. The van der Waals surface area contributed by atoms with E-state index in [4.69, 9.17) is 4.74 Å². The summed E-state index contributed by atoms with van der Waals surface area (Å²) in [4.78, 5) is 48.4. The maximum atomic E-state index is 12.7. The lowest BCUT2D eigenvalue weighted by Gasteiger charge is -2.27. The van der Waals surface area contributed by atoms with Crippen LogP contribution >= 0.6 is 0 Å². The highest BCUT2D eigenvalue weighted by Crippen LogP contribution is 2.31. The van der Waals surface area contributed by atoms with Crippen molar-refractivity contribution in [3.05, 3.63) is 70.3 Å². The molecule has 0 aromatic heterocycles. The molecule has 1 atom stereocenters. The Balaban J connectivity index is 1.66. The molecule has 0 spiro atoms. The highest BCUT2D eigenvalue weighted by Gasteiger charge is 2.29. The smallest absolute Gasteiger partial charge is 0.331 e. The number of ether oxygens (including phenoxy) is 1. The molecule has 1 N–H and O–H groups in total. The van der Waals surface area contributed by atoms with Crippen molar-refractivity contribution in [3.63, 3.8) is 0 Å². The Morgan fingerprint density at radius 2 is 2.03 bits per heavy atom. The third kappa shape index (κ3) is 4.88. The van der Waals surface area contributed by atoms with Gasteiger partial charge in [0.05, 0.1) is 16.3 Å². The minimum absolute atomic E-state index is 0.0994. The van der Waals surface area contributed by atoms with Crippen LogP contribution in [0.4, 0.5) is 17.1 Å². The summed E-state index contributed by atoms with van der Waals surface area (Å²) in [7, 11) is 0. The Bertz CT molecular complexity index is 1030. The van der Waals surface area contributed by atoms with E-state index >= 15 is 0 Å². The number of carbonyl (C=O) groups excluding carboxylic acids is 3. The lowest BCUT2D eigenvalue weighted by atomic mass is 10.1. The third-order valence-corrected chi connectivity index (χ3v) is 4.46. The summed E-state index contributed by atoms with van der Waals surface area (Å²) < 4.78 is 5.03. The van der Waals surface area contributed by atoms with E-state index in [1.165, 1.54) is 29.2 Å². The van der Waals surface area contributed by atoms with Gasteiger partial charge in [-0.2, -0.15) is 0 Å². The number of nitro benzene ring substituents is 1. The molecule has 1 aliphatic rings. The van der Waals surface area contributed by atoms with Crippen LogP contribution in [0.25, 0.3) is 6.08 Å². The standard InChI is InChI=1S/C21H19N3O6/c1-14-11-19(25)22-17-7-2-3-8-18(17)23(14)20(26)13-30-21(27)10-9-15-5-4-6-16(12-15)24(28)29/h2-10,12,14H,11,13H2,1H3,(H,22,25)/b10-9+/t14-/m0/s1. The third-order valence-electron chi connectivity index (χ3n) is 4.46. The molecule has 30 heavy (non-hydrogen) atoms. The van der Waals surface area contributed by atoms with Gasteiger partial charge in [-0.25, -0.2) is 4.79 Å². The number of para-hydroxylation sites is 2. The van der Waals surface area contributed by atoms with Gasteiger partial charge in [0.2, 0.25) is 5.91 Å². The molecule has 0 radical (unpaired) electrons. The van der Waals surface area contributed by atoms with Crippen molar-refractivity contribution in [1.82, 2.24) is 0 Å². The minimum atomic E-state index is -0.764. The largest absolute Gasteiger partial charge is 0.452 e. The highest BCUT2D eigenvalue weighted by atomic mass is 16.6. The molecule has 0 fully saturated rings. The summed E-state index contributed by atoms with van der Waals surface area (Å²) in [6.07, 6.45) is 2.57. The van der Waals surface area contributed by atoms with Gasteiger partial charge in [-0.15, -0.1) is 0 Å². The zero-order valence-electron chi connectivity index (χ0n) is 16.1. The van der Waals surface area contributed by atoms with Crippen LogP contribution in [-0.2, 0) is 19.1 Å². The van der Waals surface area contributed by atoms with Crippen molar-refractivity contribution in [2.24, 2.45) is 0 Å². The number of benzene rings is 2. The molecule has 2 amide bonds. The first-order chi connectivity index (χ1) is 14.3. The molecule has 0 aliphatic carbocycles. The predicted molar refractivity (Wildman–Crippen MR) is 110 cm³/mol. The maximum Gasteiger partial charge on any atom is 0.331 e. The Hall–Kier alpha value is -4.01. The molecule has 0 saturated heterocycles. The summed E-state index contributed by atoms with van der Waals surface area (Å²) in [6, 6.07) is 12.2. The Labute approximate surface area is 172 Å². The van der Waals surface area contributed by atoms with Gasteiger partial charge in [-0.1, -0.05) is 24.3 Å². The molecule has 2 aromatic rings. The number of nitrogens with one attached hydrogen (secondary N) is 1. The van der Waals surface area contributed by atoms with Gasteiger partial charge in [0, 0.05) is 30.7 Å². The number of carbonyl (C=O) groups is 3. The number of amides is 2. The van der Waals surface area contributed by atoms with Gasteiger partial charge in [-0.3, -0.25) is 19.7 Å². The first kappa shape index (κ1) is 20.7. The zero-order valence-corrected chi connectivity index (χ0v) is 16.1. The molecule has 1 heterocycles. The van der Waals surface area contributed by atoms with Crippen molar-refractivity contribution < 1.29 is 24.0 Å². The van der Waals surface area contributed by atoms with E-state index in [9.17, 15) is 24.5 Å². The highest BCUT2D eigenvalue weighted by molar-refractivity contribution is 6.05. The first-order valence-electron chi connectivity index (χ1n) is 9.15. The monoisotopic (exact) mass is 409 g/mol. The Morgan fingerprint density at radius 1 is 1.27 bits per heavy atom. The van der Waals surface area contributed by atoms with Gasteiger partial charge < -0.3 is 15.0 Å².